The number of phenols is 2. The van der Waals surface area contributed by atoms with E-state index in [-0.39, 0.29) is 40.9 Å². The van der Waals surface area contributed by atoms with Gasteiger partial charge in [0.1, 0.15) is 23.0 Å². The van der Waals surface area contributed by atoms with E-state index in [0.717, 1.165) is 31.3 Å². The number of aryl methyl sites for hydroxylation is 1. The van der Waals surface area contributed by atoms with Gasteiger partial charge >= 0.3 is 0 Å². The summed E-state index contributed by atoms with van der Waals surface area (Å²) in [6.45, 7) is 3.97. The molecular formula is C23H35NO7S. The predicted octanol–water partition coefficient (Wildman–Crippen LogP) is 3.51. The zero-order valence-corrected chi connectivity index (χ0v) is 20.0. The predicted molar refractivity (Wildman–Crippen MR) is 121 cm³/mol. The molecule has 1 aliphatic rings. The number of unbranched alkanes of at least 4 members (excludes halogenated alkanes) is 2. The molecule has 2 rings (SSSR count). The minimum Gasteiger partial charge on any atom is -0.507 e. The van der Waals surface area contributed by atoms with Crippen molar-refractivity contribution in [2.75, 3.05) is 26.9 Å². The number of rotatable bonds is 12. The number of benzene rings is 1. The third kappa shape index (κ3) is 6.95. The highest BCUT2D eigenvalue weighted by Crippen LogP contribution is 2.45. The molecule has 32 heavy (non-hydrogen) atoms. The van der Waals surface area contributed by atoms with E-state index in [9.17, 15) is 23.4 Å². The first-order valence-corrected chi connectivity index (χ1v) is 12.6. The molecule has 0 bridgehead atoms. The average molecular weight is 470 g/mol. The number of aromatic hydroxyl groups is 2. The Morgan fingerprint density at radius 2 is 2.00 bits per heavy atom. The quantitative estimate of drug-likeness (QED) is 0.316. The maximum atomic E-state index is 13.1. The van der Waals surface area contributed by atoms with Crippen molar-refractivity contribution in [3.05, 3.63) is 28.8 Å². The molecule has 8 nitrogen and oxygen atoms in total. The van der Waals surface area contributed by atoms with E-state index in [2.05, 4.69) is 0 Å². The van der Waals surface area contributed by atoms with E-state index in [1.165, 1.54) is 13.2 Å². The van der Waals surface area contributed by atoms with Gasteiger partial charge in [0.25, 0.3) is 15.9 Å². The van der Waals surface area contributed by atoms with Crippen LogP contribution < -0.4 is 4.72 Å². The molecule has 1 aromatic carbocycles. The third-order valence-corrected chi connectivity index (χ3v) is 7.01. The second-order valence-corrected chi connectivity index (χ2v) is 9.81. The van der Waals surface area contributed by atoms with Crippen LogP contribution in [0.5, 0.6) is 11.5 Å². The molecule has 0 saturated carbocycles. The van der Waals surface area contributed by atoms with Crippen LogP contribution in [0.25, 0.3) is 0 Å². The Morgan fingerprint density at radius 3 is 2.66 bits per heavy atom. The van der Waals surface area contributed by atoms with Gasteiger partial charge in [-0.3, -0.25) is 4.79 Å². The Bertz CT molecular complexity index is 925. The van der Waals surface area contributed by atoms with Crippen LogP contribution in [-0.4, -0.2) is 51.5 Å². The average Bonchev–Trinajstić information content (AvgIpc) is 2.70. The van der Waals surface area contributed by atoms with Crippen LogP contribution in [0.1, 0.15) is 69.4 Å². The van der Waals surface area contributed by atoms with Gasteiger partial charge in [0.15, 0.2) is 0 Å². The monoisotopic (exact) mass is 469 g/mol. The molecule has 9 heteroatoms. The fourth-order valence-corrected chi connectivity index (χ4v) is 5.33. The lowest BCUT2D eigenvalue weighted by Gasteiger charge is -2.24. The topological polar surface area (TPSA) is 122 Å². The lowest BCUT2D eigenvalue weighted by atomic mass is 9.84. The first-order valence-electron chi connectivity index (χ1n) is 11.1. The van der Waals surface area contributed by atoms with Gasteiger partial charge in [-0.2, -0.15) is 0 Å². The number of allylic oxidation sites excluding steroid dienone is 2. The second-order valence-electron chi connectivity index (χ2n) is 8.19. The van der Waals surface area contributed by atoms with Gasteiger partial charge in [-0.25, -0.2) is 13.1 Å². The summed E-state index contributed by atoms with van der Waals surface area (Å²) in [6, 6.07) is 1.41. The number of ether oxygens (including phenoxy) is 2. The van der Waals surface area contributed by atoms with Crippen molar-refractivity contribution in [3.63, 3.8) is 0 Å². The Morgan fingerprint density at radius 1 is 1.25 bits per heavy atom. The largest absolute Gasteiger partial charge is 0.507 e. The molecule has 180 valence electrons. The number of hydrogen-bond donors (Lipinski definition) is 3. The molecule has 1 aliphatic carbocycles. The minimum atomic E-state index is -4.38. The number of carbonyl (C=O) groups is 1. The maximum absolute atomic E-state index is 13.1. The maximum Gasteiger partial charge on any atom is 0.268 e. The smallest absolute Gasteiger partial charge is 0.268 e. The van der Waals surface area contributed by atoms with Crippen LogP contribution in [0.3, 0.4) is 0 Å². The van der Waals surface area contributed by atoms with Gasteiger partial charge in [0.05, 0.1) is 13.2 Å². The van der Waals surface area contributed by atoms with Gasteiger partial charge < -0.3 is 19.7 Å². The second kappa shape index (κ2) is 12.2. The van der Waals surface area contributed by atoms with Crippen molar-refractivity contribution < 1.29 is 32.9 Å². The van der Waals surface area contributed by atoms with Crippen LogP contribution in [0.2, 0.25) is 0 Å². The van der Waals surface area contributed by atoms with E-state index in [1.54, 1.807) is 0 Å². The molecule has 1 atom stereocenters. The van der Waals surface area contributed by atoms with Crippen LogP contribution in [-0.2, 0) is 30.7 Å². The highest BCUT2D eigenvalue weighted by atomic mass is 32.2. The molecule has 1 amide bonds. The van der Waals surface area contributed by atoms with Crippen molar-refractivity contribution in [2.45, 2.75) is 69.6 Å². The van der Waals surface area contributed by atoms with Crippen LogP contribution in [0, 0.1) is 0 Å². The summed E-state index contributed by atoms with van der Waals surface area (Å²) in [4.78, 5) is 11.8. The normalized spacial score (nSPS) is 16.6. The summed E-state index contributed by atoms with van der Waals surface area (Å²) in [7, 11) is -2.90. The van der Waals surface area contributed by atoms with Crippen LogP contribution in [0.4, 0.5) is 0 Å². The molecule has 0 aliphatic heterocycles. The summed E-state index contributed by atoms with van der Waals surface area (Å²) in [5, 5.41) is 21.8. The summed E-state index contributed by atoms with van der Waals surface area (Å²) < 4.78 is 38.2. The number of carbonyl (C=O) groups excluding carboxylic acids is 1. The van der Waals surface area contributed by atoms with Gasteiger partial charge in [-0.15, -0.1) is 0 Å². The van der Waals surface area contributed by atoms with Crippen molar-refractivity contribution in [1.29, 1.82) is 0 Å². The molecule has 0 aromatic heterocycles. The summed E-state index contributed by atoms with van der Waals surface area (Å²) in [5.41, 5.74) is 1.60. The molecule has 1 aromatic rings. The standard InChI is InChI=1S/C23H35NO7S/c1-4-5-6-9-18-14-19(25)21(17-10-7-8-16(2)13-17)22(27)23(18)32(28,29)24-20(26)15-31-12-11-30-3/h13-14,17,25,27H,4-12,15H2,1-3H3,(H,24,26). The van der Waals surface area contributed by atoms with E-state index < -0.39 is 28.3 Å². The molecule has 0 radical (unpaired) electrons. The van der Waals surface area contributed by atoms with Gasteiger partial charge in [-0.1, -0.05) is 31.4 Å². The Balaban J connectivity index is 2.43. The number of phenolic OH excluding ortho intramolecular Hbond substituents is 2. The van der Waals surface area contributed by atoms with Crippen molar-refractivity contribution in [2.24, 2.45) is 0 Å². The van der Waals surface area contributed by atoms with Crippen LogP contribution in [0.15, 0.2) is 22.6 Å². The lowest BCUT2D eigenvalue weighted by Crippen LogP contribution is -2.34. The first-order chi connectivity index (χ1) is 15.2. The van der Waals surface area contributed by atoms with Gasteiger partial charge in [0.2, 0.25) is 0 Å². The highest BCUT2D eigenvalue weighted by Gasteiger charge is 2.31. The molecular weight excluding hydrogens is 434 g/mol. The highest BCUT2D eigenvalue weighted by molar-refractivity contribution is 7.90. The number of nitrogens with one attached hydrogen (secondary N) is 1. The van der Waals surface area contributed by atoms with Crippen molar-refractivity contribution in [3.8, 4) is 11.5 Å². The number of methoxy groups -OCH3 is 1. The van der Waals surface area contributed by atoms with E-state index in [1.807, 2.05) is 24.6 Å². The van der Waals surface area contributed by atoms with Crippen molar-refractivity contribution >= 4 is 15.9 Å². The first kappa shape index (κ1) is 26.2. The Hall–Kier alpha value is -2.10. The molecule has 1 unspecified atom stereocenters. The zero-order chi connectivity index (χ0) is 23.7. The number of amides is 1. The fraction of sp³-hybridized carbons (Fsp3) is 0.609. The van der Waals surface area contributed by atoms with E-state index in [4.69, 9.17) is 9.47 Å². The molecule has 0 fully saturated rings. The molecule has 0 heterocycles. The molecule has 0 spiro atoms. The van der Waals surface area contributed by atoms with Crippen molar-refractivity contribution in [1.82, 2.24) is 4.72 Å². The lowest BCUT2D eigenvalue weighted by molar-refractivity contribution is -0.124. The number of hydrogen-bond acceptors (Lipinski definition) is 7. The Labute approximate surface area is 190 Å². The van der Waals surface area contributed by atoms with E-state index in [0.29, 0.717) is 19.3 Å². The Kier molecular flexibility index (Phi) is 9.99. The number of sulfonamides is 1. The SMILES string of the molecule is CCCCCc1cc(O)c(C2C=C(C)CCC2)c(O)c1S(=O)(=O)NC(=O)COCCOC. The molecule has 3 N–H and O–H groups in total. The summed E-state index contributed by atoms with van der Waals surface area (Å²) in [5.74, 6) is -1.76. The summed E-state index contributed by atoms with van der Waals surface area (Å²) in [6.07, 6.45) is 7.28. The minimum absolute atomic E-state index is 0.127. The fourth-order valence-electron chi connectivity index (χ4n) is 4.00. The third-order valence-electron chi connectivity index (χ3n) is 5.52. The van der Waals surface area contributed by atoms with E-state index >= 15 is 0 Å². The van der Waals surface area contributed by atoms with Gasteiger partial charge in [-0.05, 0) is 50.7 Å². The summed E-state index contributed by atoms with van der Waals surface area (Å²) >= 11 is 0. The molecule has 0 saturated heterocycles. The van der Waals surface area contributed by atoms with Gasteiger partial charge in [0, 0.05) is 18.6 Å². The zero-order valence-electron chi connectivity index (χ0n) is 19.1. The van der Waals surface area contributed by atoms with Crippen LogP contribution >= 0.6 is 0 Å².